The Morgan fingerprint density at radius 2 is 1.39 bits per heavy atom. The molecule has 0 atom stereocenters. The van der Waals surface area contributed by atoms with E-state index in [0.717, 1.165) is 25.7 Å². The molecule has 4 nitrogen and oxygen atoms in total. The molecule has 0 saturated carbocycles. The molecule has 0 aromatic carbocycles. The van der Waals surface area contributed by atoms with Gasteiger partial charge in [0.05, 0.1) is 6.61 Å². The molecule has 0 amide bonds. The Bertz CT molecular complexity index is 253. The van der Waals surface area contributed by atoms with Crippen molar-refractivity contribution in [3.05, 3.63) is 0 Å². The molecule has 0 N–H and O–H groups in total. The lowest BCUT2D eigenvalue weighted by atomic mass is 10.1. The SMILES string of the molecule is CCOC(=O)CCCCCCC(=O)OC(C)(C)C. The van der Waals surface area contributed by atoms with Crippen LogP contribution in [-0.4, -0.2) is 24.1 Å². The van der Waals surface area contributed by atoms with Crippen molar-refractivity contribution in [3.8, 4) is 0 Å². The summed E-state index contributed by atoms with van der Waals surface area (Å²) in [5.74, 6) is -0.280. The lowest BCUT2D eigenvalue weighted by molar-refractivity contribution is -0.155. The average Bonchev–Trinajstić information content (AvgIpc) is 2.21. The van der Waals surface area contributed by atoms with Crippen LogP contribution in [0.4, 0.5) is 0 Å². The summed E-state index contributed by atoms with van der Waals surface area (Å²) in [5, 5.41) is 0. The molecular formula is C14H26O4. The molecule has 0 aliphatic heterocycles. The maximum atomic E-state index is 11.4. The first-order chi connectivity index (χ1) is 8.35. The maximum Gasteiger partial charge on any atom is 0.306 e. The van der Waals surface area contributed by atoms with Crippen LogP contribution in [0.5, 0.6) is 0 Å². The Morgan fingerprint density at radius 1 is 0.889 bits per heavy atom. The third-order valence-corrected chi connectivity index (χ3v) is 2.24. The number of carbonyl (C=O) groups is 2. The molecule has 106 valence electrons. The van der Waals surface area contributed by atoms with E-state index in [-0.39, 0.29) is 11.9 Å². The van der Waals surface area contributed by atoms with Crippen molar-refractivity contribution in [2.24, 2.45) is 0 Å². The molecule has 0 fully saturated rings. The van der Waals surface area contributed by atoms with Gasteiger partial charge in [0.2, 0.25) is 0 Å². The number of unbranched alkanes of at least 4 members (excludes halogenated alkanes) is 3. The highest BCUT2D eigenvalue weighted by atomic mass is 16.6. The van der Waals surface area contributed by atoms with Gasteiger partial charge in [0, 0.05) is 12.8 Å². The molecule has 0 radical (unpaired) electrons. The summed E-state index contributed by atoms with van der Waals surface area (Å²) in [7, 11) is 0. The minimum atomic E-state index is -0.402. The quantitative estimate of drug-likeness (QED) is 0.495. The van der Waals surface area contributed by atoms with Gasteiger partial charge in [-0.1, -0.05) is 12.8 Å². The first-order valence-electron chi connectivity index (χ1n) is 6.72. The Kier molecular flexibility index (Phi) is 8.42. The van der Waals surface area contributed by atoms with Gasteiger partial charge in [-0.2, -0.15) is 0 Å². The Hall–Kier alpha value is -1.06. The van der Waals surface area contributed by atoms with Gasteiger partial charge < -0.3 is 9.47 Å². The molecule has 0 heterocycles. The monoisotopic (exact) mass is 258 g/mol. The third kappa shape index (κ3) is 11.4. The molecule has 0 aliphatic rings. The number of hydrogen-bond donors (Lipinski definition) is 0. The van der Waals surface area contributed by atoms with Crippen LogP contribution in [0.3, 0.4) is 0 Å². The van der Waals surface area contributed by atoms with Gasteiger partial charge in [0.15, 0.2) is 0 Å². The fourth-order valence-electron chi connectivity index (χ4n) is 1.52. The van der Waals surface area contributed by atoms with E-state index >= 15 is 0 Å². The molecule has 0 aromatic rings. The molecule has 0 spiro atoms. The molecule has 0 saturated heterocycles. The molecule has 18 heavy (non-hydrogen) atoms. The van der Waals surface area contributed by atoms with Crippen LogP contribution in [0.2, 0.25) is 0 Å². The highest BCUT2D eigenvalue weighted by molar-refractivity contribution is 5.70. The summed E-state index contributed by atoms with van der Waals surface area (Å²) in [6.45, 7) is 7.84. The number of ether oxygens (including phenoxy) is 2. The Balaban J connectivity index is 3.41. The average molecular weight is 258 g/mol. The van der Waals surface area contributed by atoms with Crippen LogP contribution in [-0.2, 0) is 19.1 Å². The van der Waals surface area contributed by atoms with Crippen LogP contribution in [0.1, 0.15) is 66.2 Å². The largest absolute Gasteiger partial charge is 0.466 e. The summed E-state index contributed by atoms with van der Waals surface area (Å²) < 4.78 is 10.0. The highest BCUT2D eigenvalue weighted by Crippen LogP contribution is 2.11. The second kappa shape index (κ2) is 8.95. The smallest absolute Gasteiger partial charge is 0.306 e. The first kappa shape index (κ1) is 16.9. The van der Waals surface area contributed by atoms with E-state index in [9.17, 15) is 9.59 Å². The van der Waals surface area contributed by atoms with Crippen LogP contribution >= 0.6 is 0 Å². The van der Waals surface area contributed by atoms with Crippen molar-refractivity contribution < 1.29 is 19.1 Å². The van der Waals surface area contributed by atoms with Crippen molar-refractivity contribution in [2.75, 3.05) is 6.61 Å². The van der Waals surface area contributed by atoms with Gasteiger partial charge in [-0.15, -0.1) is 0 Å². The summed E-state index contributed by atoms with van der Waals surface area (Å²) in [5.41, 5.74) is -0.402. The van der Waals surface area contributed by atoms with E-state index in [1.165, 1.54) is 0 Å². The normalized spacial score (nSPS) is 11.1. The zero-order chi connectivity index (χ0) is 14.0. The van der Waals surface area contributed by atoms with Gasteiger partial charge in [0.1, 0.15) is 5.60 Å². The van der Waals surface area contributed by atoms with Crippen molar-refractivity contribution >= 4 is 11.9 Å². The van der Waals surface area contributed by atoms with Crippen LogP contribution in [0.15, 0.2) is 0 Å². The van der Waals surface area contributed by atoms with Gasteiger partial charge in [-0.05, 0) is 40.5 Å². The lowest BCUT2D eigenvalue weighted by Gasteiger charge is -2.19. The number of hydrogen-bond acceptors (Lipinski definition) is 4. The topological polar surface area (TPSA) is 52.6 Å². The van der Waals surface area contributed by atoms with E-state index in [1.54, 1.807) is 6.92 Å². The van der Waals surface area contributed by atoms with Crippen LogP contribution in [0, 0.1) is 0 Å². The standard InChI is InChI=1S/C14H26O4/c1-5-17-12(15)10-8-6-7-9-11-13(16)18-14(2,3)4/h5-11H2,1-4H3. The second-order valence-corrected chi connectivity index (χ2v) is 5.31. The maximum absolute atomic E-state index is 11.4. The number of rotatable bonds is 8. The molecule has 0 unspecified atom stereocenters. The summed E-state index contributed by atoms with van der Waals surface area (Å²) >= 11 is 0. The van der Waals surface area contributed by atoms with Crippen LogP contribution in [0.25, 0.3) is 0 Å². The molecule has 0 aliphatic carbocycles. The summed E-state index contributed by atoms with van der Waals surface area (Å²) in [6, 6.07) is 0. The number of esters is 2. The van der Waals surface area contributed by atoms with E-state index in [2.05, 4.69) is 0 Å². The van der Waals surface area contributed by atoms with E-state index in [4.69, 9.17) is 9.47 Å². The summed E-state index contributed by atoms with van der Waals surface area (Å²) in [4.78, 5) is 22.4. The molecule has 0 bridgehead atoms. The summed E-state index contributed by atoms with van der Waals surface area (Å²) in [6.07, 6.45) is 4.46. The van der Waals surface area contributed by atoms with Gasteiger partial charge in [-0.25, -0.2) is 0 Å². The van der Waals surface area contributed by atoms with Gasteiger partial charge in [0.25, 0.3) is 0 Å². The first-order valence-corrected chi connectivity index (χ1v) is 6.72. The predicted molar refractivity (Wildman–Crippen MR) is 70.2 cm³/mol. The van der Waals surface area contributed by atoms with E-state index in [1.807, 2.05) is 20.8 Å². The second-order valence-electron chi connectivity index (χ2n) is 5.31. The third-order valence-electron chi connectivity index (χ3n) is 2.24. The molecule has 0 aromatic heterocycles. The molecule has 4 heteroatoms. The minimum Gasteiger partial charge on any atom is -0.466 e. The van der Waals surface area contributed by atoms with E-state index in [0.29, 0.717) is 19.4 Å². The minimum absolute atomic E-state index is 0.135. The molecule has 0 rings (SSSR count). The van der Waals surface area contributed by atoms with Crippen molar-refractivity contribution in [1.82, 2.24) is 0 Å². The van der Waals surface area contributed by atoms with Crippen LogP contribution < -0.4 is 0 Å². The van der Waals surface area contributed by atoms with Crippen molar-refractivity contribution in [3.63, 3.8) is 0 Å². The zero-order valence-corrected chi connectivity index (χ0v) is 12.1. The van der Waals surface area contributed by atoms with Crippen molar-refractivity contribution in [2.45, 2.75) is 71.8 Å². The fraction of sp³-hybridized carbons (Fsp3) is 0.857. The zero-order valence-electron chi connectivity index (χ0n) is 12.1. The van der Waals surface area contributed by atoms with Crippen molar-refractivity contribution in [1.29, 1.82) is 0 Å². The number of carbonyl (C=O) groups excluding carboxylic acids is 2. The molecular weight excluding hydrogens is 232 g/mol. The fourth-order valence-corrected chi connectivity index (χ4v) is 1.52. The van der Waals surface area contributed by atoms with Gasteiger partial charge in [-0.3, -0.25) is 9.59 Å². The predicted octanol–water partition coefficient (Wildman–Crippen LogP) is 3.23. The highest BCUT2D eigenvalue weighted by Gasteiger charge is 2.15. The Morgan fingerprint density at radius 3 is 1.83 bits per heavy atom. The van der Waals surface area contributed by atoms with E-state index < -0.39 is 5.60 Å². The van der Waals surface area contributed by atoms with Gasteiger partial charge >= 0.3 is 11.9 Å². The Labute approximate surface area is 110 Å². The lowest BCUT2D eigenvalue weighted by Crippen LogP contribution is -2.23.